The molecular formula is C26H29FN4O2S. The van der Waals surface area contributed by atoms with E-state index in [1.54, 1.807) is 19.2 Å². The molecule has 1 amide bonds. The number of carbonyl (C=O) groups excluding carboxylic acids is 1. The molecule has 0 spiro atoms. The lowest BCUT2D eigenvalue weighted by Gasteiger charge is -2.24. The van der Waals surface area contributed by atoms with Crippen molar-refractivity contribution < 1.29 is 14.3 Å². The van der Waals surface area contributed by atoms with Gasteiger partial charge in [0, 0.05) is 22.9 Å². The SMILES string of the molecule is CCC(C)(C)NC(=O)c1ccc(C)c(-c2cn3c(C(O)NC)c(-c4ccc(F)cc4)nc3s2)c1. The lowest BCUT2D eigenvalue weighted by molar-refractivity contribution is 0.0911. The third kappa shape index (κ3) is 4.61. The summed E-state index contributed by atoms with van der Waals surface area (Å²) in [5.41, 5.74) is 4.15. The number of hydrogen-bond donors (Lipinski definition) is 3. The van der Waals surface area contributed by atoms with Crippen molar-refractivity contribution >= 4 is 22.2 Å². The third-order valence-corrected chi connectivity index (χ3v) is 7.13. The minimum absolute atomic E-state index is 0.112. The van der Waals surface area contributed by atoms with Gasteiger partial charge in [-0.1, -0.05) is 24.3 Å². The van der Waals surface area contributed by atoms with Crippen molar-refractivity contribution in [1.29, 1.82) is 0 Å². The molecule has 6 nitrogen and oxygen atoms in total. The van der Waals surface area contributed by atoms with Crippen LogP contribution in [0, 0.1) is 12.7 Å². The molecule has 2 aromatic carbocycles. The van der Waals surface area contributed by atoms with Crippen molar-refractivity contribution in [2.75, 3.05) is 7.05 Å². The number of fused-ring (bicyclic) bond motifs is 1. The molecule has 8 heteroatoms. The monoisotopic (exact) mass is 480 g/mol. The molecule has 0 saturated heterocycles. The van der Waals surface area contributed by atoms with Gasteiger partial charge in [-0.3, -0.25) is 14.5 Å². The van der Waals surface area contributed by atoms with Crippen molar-refractivity contribution in [3.05, 3.63) is 71.3 Å². The number of nitrogens with one attached hydrogen (secondary N) is 2. The minimum atomic E-state index is -0.966. The van der Waals surface area contributed by atoms with Crippen LogP contribution in [0.25, 0.3) is 26.7 Å². The van der Waals surface area contributed by atoms with Crippen LogP contribution in [0.2, 0.25) is 0 Å². The summed E-state index contributed by atoms with van der Waals surface area (Å²) in [7, 11) is 1.66. The first-order valence-electron chi connectivity index (χ1n) is 11.2. The Morgan fingerprint density at radius 3 is 2.59 bits per heavy atom. The van der Waals surface area contributed by atoms with E-state index in [0.717, 1.165) is 28.0 Å². The number of rotatable bonds is 7. The molecule has 4 rings (SSSR count). The van der Waals surface area contributed by atoms with E-state index in [9.17, 15) is 14.3 Å². The fourth-order valence-corrected chi connectivity index (χ4v) is 4.77. The largest absolute Gasteiger partial charge is 0.373 e. The van der Waals surface area contributed by atoms with Gasteiger partial charge in [0.05, 0.1) is 16.3 Å². The summed E-state index contributed by atoms with van der Waals surface area (Å²) in [4.78, 5) is 19.2. The highest BCUT2D eigenvalue weighted by Gasteiger charge is 2.23. The molecular weight excluding hydrogens is 451 g/mol. The topological polar surface area (TPSA) is 78.7 Å². The number of imidazole rings is 1. The van der Waals surface area contributed by atoms with E-state index in [2.05, 4.69) is 10.6 Å². The number of hydrogen-bond acceptors (Lipinski definition) is 5. The standard InChI is InChI=1S/C26H29FN4O2S/c1-6-26(3,4)30-23(32)17-8-7-15(2)19(13-17)20-14-31-22(24(33)28-5)21(29-25(31)34-20)16-9-11-18(27)12-10-16/h7-14,24,28,33H,6H2,1-5H3,(H,30,32). The second kappa shape index (κ2) is 9.29. The van der Waals surface area contributed by atoms with Crippen LogP contribution in [-0.4, -0.2) is 33.0 Å². The van der Waals surface area contributed by atoms with Gasteiger partial charge < -0.3 is 10.4 Å². The zero-order chi connectivity index (χ0) is 24.6. The summed E-state index contributed by atoms with van der Waals surface area (Å²) in [6.07, 6.45) is 1.79. The quantitative estimate of drug-likeness (QED) is 0.314. The van der Waals surface area contributed by atoms with Gasteiger partial charge in [0.1, 0.15) is 12.0 Å². The number of aryl methyl sites for hydroxylation is 1. The molecule has 3 N–H and O–H groups in total. The van der Waals surface area contributed by atoms with Crippen LogP contribution in [0.4, 0.5) is 4.39 Å². The fraction of sp³-hybridized carbons (Fsp3) is 0.308. The maximum atomic E-state index is 13.4. The molecule has 0 aliphatic heterocycles. The molecule has 0 fully saturated rings. The average Bonchev–Trinajstić information content (AvgIpc) is 3.37. The Hall–Kier alpha value is -3.07. The van der Waals surface area contributed by atoms with E-state index < -0.39 is 6.23 Å². The smallest absolute Gasteiger partial charge is 0.251 e. The Morgan fingerprint density at radius 1 is 1.24 bits per heavy atom. The van der Waals surface area contributed by atoms with Gasteiger partial charge in [-0.25, -0.2) is 9.37 Å². The van der Waals surface area contributed by atoms with Crippen LogP contribution in [0.15, 0.2) is 48.7 Å². The Morgan fingerprint density at radius 2 is 1.94 bits per heavy atom. The van der Waals surface area contributed by atoms with Crippen molar-refractivity contribution in [3.63, 3.8) is 0 Å². The van der Waals surface area contributed by atoms with E-state index >= 15 is 0 Å². The molecule has 178 valence electrons. The van der Waals surface area contributed by atoms with Crippen LogP contribution >= 0.6 is 11.3 Å². The highest BCUT2D eigenvalue weighted by Crippen LogP contribution is 2.36. The van der Waals surface area contributed by atoms with E-state index in [4.69, 9.17) is 4.98 Å². The van der Waals surface area contributed by atoms with Gasteiger partial charge in [-0.2, -0.15) is 0 Å². The van der Waals surface area contributed by atoms with E-state index in [1.807, 2.05) is 56.5 Å². The molecule has 0 saturated carbocycles. The van der Waals surface area contributed by atoms with Crippen LogP contribution in [0.5, 0.6) is 0 Å². The average molecular weight is 481 g/mol. The zero-order valence-corrected chi connectivity index (χ0v) is 20.8. The number of amides is 1. The van der Waals surface area contributed by atoms with Gasteiger partial charge in [0.2, 0.25) is 0 Å². The Balaban J connectivity index is 1.78. The van der Waals surface area contributed by atoms with Crippen molar-refractivity contribution in [2.24, 2.45) is 0 Å². The zero-order valence-electron chi connectivity index (χ0n) is 19.9. The Bertz CT molecular complexity index is 1340. The van der Waals surface area contributed by atoms with Gasteiger partial charge >= 0.3 is 0 Å². The molecule has 0 aliphatic carbocycles. The van der Waals surface area contributed by atoms with Gasteiger partial charge in [-0.05, 0) is 81.8 Å². The number of benzene rings is 2. The van der Waals surface area contributed by atoms with E-state index in [1.165, 1.54) is 23.5 Å². The maximum Gasteiger partial charge on any atom is 0.251 e. The number of thiazole rings is 1. The molecule has 0 radical (unpaired) electrons. The number of halogens is 1. The second-order valence-electron chi connectivity index (χ2n) is 9.01. The first-order chi connectivity index (χ1) is 16.1. The molecule has 0 bridgehead atoms. The van der Waals surface area contributed by atoms with E-state index in [-0.39, 0.29) is 17.3 Å². The molecule has 1 unspecified atom stereocenters. The summed E-state index contributed by atoms with van der Waals surface area (Å²) in [5, 5.41) is 16.6. The summed E-state index contributed by atoms with van der Waals surface area (Å²) >= 11 is 1.47. The first-order valence-corrected chi connectivity index (χ1v) is 12.0. The Labute approximate surface area is 202 Å². The Kier molecular flexibility index (Phi) is 6.58. The summed E-state index contributed by atoms with van der Waals surface area (Å²) in [6, 6.07) is 11.7. The molecule has 2 heterocycles. The molecule has 2 aromatic heterocycles. The summed E-state index contributed by atoms with van der Waals surface area (Å²) in [6.45, 7) is 8.05. The second-order valence-corrected chi connectivity index (χ2v) is 10.0. The van der Waals surface area contributed by atoms with Crippen LogP contribution in [0.3, 0.4) is 0 Å². The lowest BCUT2D eigenvalue weighted by atomic mass is 9.99. The van der Waals surface area contributed by atoms with Crippen LogP contribution < -0.4 is 10.6 Å². The number of carbonyl (C=O) groups is 1. The minimum Gasteiger partial charge on any atom is -0.373 e. The van der Waals surface area contributed by atoms with Crippen LogP contribution in [0.1, 0.15) is 55.0 Å². The third-order valence-electron chi connectivity index (χ3n) is 6.11. The maximum absolute atomic E-state index is 13.4. The lowest BCUT2D eigenvalue weighted by Crippen LogP contribution is -2.42. The highest BCUT2D eigenvalue weighted by molar-refractivity contribution is 7.20. The molecule has 4 aromatic rings. The summed E-state index contributed by atoms with van der Waals surface area (Å²) in [5.74, 6) is -0.441. The highest BCUT2D eigenvalue weighted by atomic mass is 32.1. The van der Waals surface area contributed by atoms with Gasteiger partial charge in [-0.15, -0.1) is 0 Å². The first kappa shape index (κ1) is 24.1. The predicted octanol–water partition coefficient (Wildman–Crippen LogP) is 5.31. The fourth-order valence-electron chi connectivity index (χ4n) is 3.70. The van der Waals surface area contributed by atoms with Crippen molar-refractivity contribution in [3.8, 4) is 21.7 Å². The number of aliphatic hydroxyl groups is 1. The van der Waals surface area contributed by atoms with Gasteiger partial charge in [0.15, 0.2) is 4.96 Å². The van der Waals surface area contributed by atoms with E-state index in [0.29, 0.717) is 21.9 Å². The predicted molar refractivity (Wildman–Crippen MR) is 134 cm³/mol. The molecule has 1 atom stereocenters. The number of nitrogens with zero attached hydrogens (tertiary/aromatic N) is 2. The van der Waals surface area contributed by atoms with Crippen LogP contribution in [-0.2, 0) is 0 Å². The van der Waals surface area contributed by atoms with Crippen molar-refractivity contribution in [2.45, 2.75) is 45.9 Å². The number of aliphatic hydroxyl groups excluding tert-OH is 1. The summed E-state index contributed by atoms with van der Waals surface area (Å²) < 4.78 is 15.3. The molecule has 0 aliphatic rings. The number of aromatic nitrogens is 2. The molecule has 34 heavy (non-hydrogen) atoms. The van der Waals surface area contributed by atoms with Crippen molar-refractivity contribution in [1.82, 2.24) is 20.0 Å². The van der Waals surface area contributed by atoms with Gasteiger partial charge in [0.25, 0.3) is 5.91 Å². The normalized spacial score (nSPS) is 12.8.